The summed E-state index contributed by atoms with van der Waals surface area (Å²) in [6.07, 6.45) is 1.44. The van der Waals surface area contributed by atoms with Gasteiger partial charge < -0.3 is 14.4 Å². The van der Waals surface area contributed by atoms with E-state index in [0.29, 0.717) is 43.3 Å². The summed E-state index contributed by atoms with van der Waals surface area (Å²) in [5.41, 5.74) is 5.45. The van der Waals surface area contributed by atoms with Crippen LogP contribution in [0, 0.1) is 6.92 Å². The van der Waals surface area contributed by atoms with Gasteiger partial charge in [0.05, 0.1) is 30.0 Å². The van der Waals surface area contributed by atoms with Crippen molar-refractivity contribution in [1.29, 1.82) is 0 Å². The molecule has 1 aliphatic heterocycles. The molecule has 0 bridgehead atoms. The lowest BCUT2D eigenvalue weighted by atomic mass is 10.0. The van der Waals surface area contributed by atoms with E-state index in [1.807, 2.05) is 19.1 Å². The summed E-state index contributed by atoms with van der Waals surface area (Å²) in [6, 6.07) is 20.5. The topological polar surface area (TPSA) is 118 Å². The van der Waals surface area contributed by atoms with E-state index in [2.05, 4.69) is 24.4 Å². The number of morpholine rings is 1. The standard InChI is InChI=1S/C31H36N4O6S/c1-23(2)26-8-10-27(11-9-26)35(42(38,39)29-14-4-24(3)5-15-29)21-30(36)33-32-20-25-6-12-28(13-7-25)41-22-31(37)34-16-18-40-19-17-34/h4-15,20,23H,16-19,21-22H2,1-3H3,(H,33,36)/b32-20-. The number of carbonyl (C=O) groups is 2. The van der Waals surface area contributed by atoms with Crippen molar-refractivity contribution in [1.82, 2.24) is 10.3 Å². The maximum absolute atomic E-state index is 13.6. The van der Waals surface area contributed by atoms with Crippen LogP contribution in [0.3, 0.4) is 0 Å². The third-order valence-electron chi connectivity index (χ3n) is 6.75. The molecule has 42 heavy (non-hydrogen) atoms. The van der Waals surface area contributed by atoms with Crippen LogP contribution in [0.2, 0.25) is 0 Å². The minimum Gasteiger partial charge on any atom is -0.484 e. The van der Waals surface area contributed by atoms with Gasteiger partial charge in [0, 0.05) is 13.1 Å². The molecule has 10 nitrogen and oxygen atoms in total. The van der Waals surface area contributed by atoms with Crippen LogP contribution in [0.4, 0.5) is 5.69 Å². The second kappa shape index (κ2) is 14.1. The van der Waals surface area contributed by atoms with Gasteiger partial charge in [0.2, 0.25) is 0 Å². The molecule has 3 aromatic carbocycles. The van der Waals surface area contributed by atoms with Gasteiger partial charge >= 0.3 is 0 Å². The summed E-state index contributed by atoms with van der Waals surface area (Å²) in [4.78, 5) is 26.9. The molecule has 0 spiro atoms. The number of rotatable bonds is 11. The predicted octanol–water partition coefficient (Wildman–Crippen LogP) is 3.70. The van der Waals surface area contributed by atoms with Crippen LogP contribution >= 0.6 is 0 Å². The molecule has 222 valence electrons. The predicted molar refractivity (Wildman–Crippen MR) is 161 cm³/mol. The van der Waals surface area contributed by atoms with Crippen LogP contribution in [0.5, 0.6) is 5.75 Å². The minimum absolute atomic E-state index is 0.0638. The molecule has 0 aromatic heterocycles. The highest BCUT2D eigenvalue weighted by Crippen LogP contribution is 2.26. The average molecular weight is 593 g/mol. The maximum Gasteiger partial charge on any atom is 0.264 e. The molecule has 1 N–H and O–H groups in total. The molecule has 0 radical (unpaired) electrons. The van der Waals surface area contributed by atoms with E-state index in [0.717, 1.165) is 15.4 Å². The lowest BCUT2D eigenvalue weighted by molar-refractivity contribution is -0.137. The minimum atomic E-state index is -4.03. The number of sulfonamides is 1. The van der Waals surface area contributed by atoms with Gasteiger partial charge in [0.15, 0.2) is 6.61 Å². The first-order valence-electron chi connectivity index (χ1n) is 13.7. The van der Waals surface area contributed by atoms with Crippen molar-refractivity contribution < 1.29 is 27.5 Å². The zero-order valence-electron chi connectivity index (χ0n) is 24.0. The number of anilines is 1. The second-order valence-electron chi connectivity index (χ2n) is 10.2. The van der Waals surface area contributed by atoms with E-state index in [4.69, 9.17) is 9.47 Å². The third kappa shape index (κ3) is 8.17. The van der Waals surface area contributed by atoms with Crippen LogP contribution in [0.15, 0.2) is 82.8 Å². The van der Waals surface area contributed by atoms with Gasteiger partial charge in [-0.05, 0) is 72.5 Å². The quantitative estimate of drug-likeness (QED) is 0.268. The lowest BCUT2D eigenvalue weighted by Gasteiger charge is -2.26. The van der Waals surface area contributed by atoms with Gasteiger partial charge in [-0.3, -0.25) is 13.9 Å². The van der Waals surface area contributed by atoms with E-state index in [1.54, 1.807) is 53.4 Å². The van der Waals surface area contributed by atoms with Gasteiger partial charge in [-0.15, -0.1) is 0 Å². The van der Waals surface area contributed by atoms with Crippen molar-refractivity contribution in [2.24, 2.45) is 5.10 Å². The Morgan fingerprint density at radius 1 is 1.00 bits per heavy atom. The summed E-state index contributed by atoms with van der Waals surface area (Å²) in [6.45, 7) is 7.63. The van der Waals surface area contributed by atoms with E-state index in [1.165, 1.54) is 18.3 Å². The van der Waals surface area contributed by atoms with Gasteiger partial charge in [-0.2, -0.15) is 5.10 Å². The number of hydrazone groups is 1. The molecule has 0 saturated carbocycles. The van der Waals surface area contributed by atoms with E-state index in [-0.39, 0.29) is 23.3 Å². The van der Waals surface area contributed by atoms with E-state index < -0.39 is 22.5 Å². The molecule has 1 fully saturated rings. The SMILES string of the molecule is Cc1ccc(S(=O)(=O)N(CC(=O)N/N=C\c2ccc(OCC(=O)N3CCOCC3)cc2)c2ccc(C(C)C)cc2)cc1. The fourth-order valence-electron chi connectivity index (χ4n) is 4.22. The Morgan fingerprint density at radius 3 is 2.26 bits per heavy atom. The van der Waals surface area contributed by atoms with E-state index in [9.17, 15) is 18.0 Å². The van der Waals surface area contributed by atoms with E-state index >= 15 is 0 Å². The first-order valence-corrected chi connectivity index (χ1v) is 15.2. The fourth-order valence-corrected chi connectivity index (χ4v) is 5.64. The Morgan fingerprint density at radius 2 is 1.64 bits per heavy atom. The Balaban J connectivity index is 1.39. The number of nitrogens with zero attached hydrogens (tertiary/aromatic N) is 3. The molecule has 0 unspecified atom stereocenters. The molecule has 2 amide bonds. The first kappa shape index (κ1) is 30.7. The number of benzene rings is 3. The highest BCUT2D eigenvalue weighted by molar-refractivity contribution is 7.92. The summed E-state index contributed by atoms with van der Waals surface area (Å²) >= 11 is 0. The molecule has 1 heterocycles. The van der Waals surface area contributed by atoms with Crippen molar-refractivity contribution in [2.75, 3.05) is 43.8 Å². The van der Waals surface area contributed by atoms with Crippen molar-refractivity contribution >= 4 is 33.7 Å². The van der Waals surface area contributed by atoms with Crippen LogP contribution < -0.4 is 14.5 Å². The molecule has 3 aromatic rings. The number of ether oxygens (including phenoxy) is 2. The third-order valence-corrected chi connectivity index (χ3v) is 8.54. The summed E-state index contributed by atoms with van der Waals surface area (Å²) in [5, 5.41) is 4.00. The summed E-state index contributed by atoms with van der Waals surface area (Å²) in [5.74, 6) is 0.104. The van der Waals surface area contributed by atoms with Gasteiger partial charge in [-0.25, -0.2) is 13.8 Å². The molecule has 0 atom stereocenters. The zero-order valence-corrected chi connectivity index (χ0v) is 24.8. The Bertz CT molecular complexity index is 1480. The highest BCUT2D eigenvalue weighted by Gasteiger charge is 2.27. The number of carbonyl (C=O) groups excluding carboxylic acids is 2. The monoisotopic (exact) mass is 592 g/mol. The zero-order chi connectivity index (χ0) is 30.1. The molecule has 11 heteroatoms. The van der Waals surface area contributed by atoms with Crippen molar-refractivity contribution in [3.8, 4) is 5.75 Å². The van der Waals surface area contributed by atoms with Gasteiger partial charge in [0.1, 0.15) is 12.3 Å². The Hall–Kier alpha value is -4.22. The molecular formula is C31H36N4O6S. The number of hydrogen-bond acceptors (Lipinski definition) is 7. The normalized spacial score (nSPS) is 13.8. The summed E-state index contributed by atoms with van der Waals surface area (Å²) in [7, 11) is -4.03. The van der Waals surface area contributed by atoms with Crippen molar-refractivity contribution in [2.45, 2.75) is 31.6 Å². The van der Waals surface area contributed by atoms with Gasteiger partial charge in [-0.1, -0.05) is 43.7 Å². The Kier molecular flexibility index (Phi) is 10.3. The number of nitrogens with one attached hydrogen (secondary N) is 1. The maximum atomic E-state index is 13.6. The molecular weight excluding hydrogens is 556 g/mol. The average Bonchev–Trinajstić information content (AvgIpc) is 3.00. The highest BCUT2D eigenvalue weighted by atomic mass is 32.2. The molecule has 4 rings (SSSR count). The Labute approximate surface area is 247 Å². The number of amides is 2. The van der Waals surface area contributed by atoms with Crippen LogP contribution in [0.25, 0.3) is 0 Å². The van der Waals surface area contributed by atoms with Crippen molar-refractivity contribution in [3.63, 3.8) is 0 Å². The molecule has 0 aliphatic carbocycles. The fraction of sp³-hybridized carbons (Fsp3) is 0.323. The second-order valence-corrected chi connectivity index (χ2v) is 12.1. The number of aryl methyl sites for hydroxylation is 1. The molecule has 1 saturated heterocycles. The number of hydrogen-bond donors (Lipinski definition) is 1. The first-order chi connectivity index (χ1) is 20.1. The van der Waals surface area contributed by atoms with Crippen molar-refractivity contribution in [3.05, 3.63) is 89.5 Å². The lowest BCUT2D eigenvalue weighted by Crippen LogP contribution is -2.42. The van der Waals surface area contributed by atoms with Crippen LogP contribution in [0.1, 0.15) is 36.5 Å². The summed E-state index contributed by atoms with van der Waals surface area (Å²) < 4.78 is 39.1. The van der Waals surface area contributed by atoms with Crippen LogP contribution in [-0.2, 0) is 24.3 Å². The van der Waals surface area contributed by atoms with Gasteiger partial charge in [0.25, 0.3) is 21.8 Å². The largest absolute Gasteiger partial charge is 0.484 e. The smallest absolute Gasteiger partial charge is 0.264 e. The molecule has 1 aliphatic rings. The van der Waals surface area contributed by atoms with Crippen LogP contribution in [-0.4, -0.2) is 70.8 Å².